The van der Waals surface area contributed by atoms with Crippen molar-refractivity contribution >= 4 is 24.9 Å². The third kappa shape index (κ3) is 3.82. The van der Waals surface area contributed by atoms with Crippen molar-refractivity contribution in [3.05, 3.63) is 46.8 Å². The van der Waals surface area contributed by atoms with Crippen LogP contribution in [0.4, 0.5) is 10.3 Å². The van der Waals surface area contributed by atoms with Gasteiger partial charge < -0.3 is 19.9 Å². The second-order valence-electron chi connectivity index (χ2n) is 6.97. The van der Waals surface area contributed by atoms with E-state index < -0.39 is 24.9 Å². The van der Waals surface area contributed by atoms with Crippen LogP contribution in [0.5, 0.6) is 5.75 Å². The van der Waals surface area contributed by atoms with Gasteiger partial charge in [-0.3, -0.25) is 19.2 Å². The van der Waals surface area contributed by atoms with Crippen LogP contribution in [0.2, 0.25) is 0 Å². The first kappa shape index (κ1) is 20.5. The summed E-state index contributed by atoms with van der Waals surface area (Å²) in [6.07, 6.45) is 1.90. The molecule has 13 heteroatoms. The number of aliphatic hydroxyl groups is 1. The summed E-state index contributed by atoms with van der Waals surface area (Å²) in [5.74, 6) is -1.87. The number of halogens is 1. The maximum Gasteiger partial charge on any atom is 0.527 e. The minimum atomic E-state index is -4.56. The zero-order valence-corrected chi connectivity index (χ0v) is 16.4. The zero-order chi connectivity index (χ0) is 21.5. The first-order valence-corrected chi connectivity index (χ1v) is 10.5. The molecule has 3 aromatic rings. The Morgan fingerprint density at radius 1 is 1.40 bits per heavy atom. The smallest absolute Gasteiger partial charge is 0.401 e. The minimum absolute atomic E-state index is 0.0551. The lowest BCUT2D eigenvalue weighted by Gasteiger charge is -2.44. The van der Waals surface area contributed by atoms with Gasteiger partial charge in [0, 0.05) is 18.6 Å². The number of nitrogen functional groups attached to an aromatic ring is 1. The summed E-state index contributed by atoms with van der Waals surface area (Å²) in [6, 6.07) is 4.92. The summed E-state index contributed by atoms with van der Waals surface area (Å²) < 4.78 is 37.2. The summed E-state index contributed by atoms with van der Waals surface area (Å²) in [6.45, 7) is -0.423. The molecule has 2 heterocycles. The number of nitrogens with one attached hydrogen (secondary N) is 1. The molecular weight excluding hydrogens is 420 g/mol. The molecule has 0 bridgehead atoms. The summed E-state index contributed by atoms with van der Waals surface area (Å²) in [4.78, 5) is 32.3. The van der Waals surface area contributed by atoms with Gasteiger partial charge in [-0.2, -0.15) is 4.98 Å². The first-order chi connectivity index (χ1) is 14.3. The quantitative estimate of drug-likeness (QED) is 0.396. The number of hydrogen-bond donors (Lipinski definition) is 4. The minimum Gasteiger partial charge on any atom is -0.401 e. The van der Waals surface area contributed by atoms with E-state index in [9.17, 15) is 23.7 Å². The Bertz CT molecular complexity index is 1180. The predicted octanol–water partition coefficient (Wildman–Crippen LogP) is 1.21. The topological polar surface area (TPSA) is 166 Å². The van der Waals surface area contributed by atoms with Gasteiger partial charge in [-0.1, -0.05) is 12.1 Å². The summed E-state index contributed by atoms with van der Waals surface area (Å²) in [5, 5.41) is 9.79. The number of nitrogens with two attached hydrogens (primary N) is 1. The van der Waals surface area contributed by atoms with Crippen LogP contribution in [0, 0.1) is 17.7 Å². The standard InChI is InChI=1S/C17H19FN5O6P/c18-11-3-1-2-4-13(11)29-30(26,27)28-7-9-5-12(10(9)6-24)23-8-20-14-15(23)21-17(19)22-16(14)25/h1-4,8-10,12,24H,5-7H2,(H,26,27)(H3,19,21,22,25)/t9-,10-,12-/m1/s1. The molecule has 1 aliphatic rings. The van der Waals surface area contributed by atoms with E-state index in [1.54, 1.807) is 4.57 Å². The van der Waals surface area contributed by atoms with E-state index in [2.05, 4.69) is 15.0 Å². The van der Waals surface area contributed by atoms with Crippen molar-refractivity contribution in [3.8, 4) is 5.75 Å². The van der Waals surface area contributed by atoms with Gasteiger partial charge >= 0.3 is 7.82 Å². The van der Waals surface area contributed by atoms with Crippen LogP contribution >= 0.6 is 7.82 Å². The largest absolute Gasteiger partial charge is 0.527 e. The molecule has 1 unspecified atom stereocenters. The first-order valence-electron chi connectivity index (χ1n) is 9.03. The van der Waals surface area contributed by atoms with Gasteiger partial charge in [-0.15, -0.1) is 0 Å². The number of hydrogen-bond acceptors (Lipinski definition) is 8. The number of nitrogens with zero attached hydrogens (tertiary/aromatic N) is 3. The highest BCUT2D eigenvalue weighted by atomic mass is 31.2. The van der Waals surface area contributed by atoms with E-state index in [4.69, 9.17) is 14.8 Å². The highest BCUT2D eigenvalue weighted by Crippen LogP contribution is 2.49. The fourth-order valence-corrected chi connectivity index (χ4v) is 4.43. The molecule has 160 valence electrons. The normalized spacial score (nSPS) is 23.1. The van der Waals surface area contributed by atoms with E-state index in [0.717, 1.165) is 6.07 Å². The molecule has 2 aromatic heterocycles. The Kier molecular flexibility index (Phi) is 5.33. The lowest BCUT2D eigenvalue weighted by Crippen LogP contribution is -2.43. The molecule has 11 nitrogen and oxygen atoms in total. The van der Waals surface area contributed by atoms with E-state index >= 15 is 0 Å². The van der Waals surface area contributed by atoms with Crippen molar-refractivity contribution < 1.29 is 28.0 Å². The Morgan fingerprint density at radius 3 is 2.90 bits per heavy atom. The van der Waals surface area contributed by atoms with Gasteiger partial charge in [-0.25, -0.2) is 13.9 Å². The average Bonchev–Trinajstić information content (AvgIpc) is 3.06. The van der Waals surface area contributed by atoms with E-state index in [-0.39, 0.29) is 48.2 Å². The molecule has 0 amide bonds. The number of para-hydroxylation sites is 1. The van der Waals surface area contributed by atoms with Gasteiger partial charge in [0.2, 0.25) is 5.95 Å². The van der Waals surface area contributed by atoms with Crippen molar-refractivity contribution in [2.75, 3.05) is 18.9 Å². The molecule has 0 saturated heterocycles. The van der Waals surface area contributed by atoms with Crippen LogP contribution in [0.1, 0.15) is 12.5 Å². The Labute approximate surface area is 168 Å². The molecule has 0 radical (unpaired) electrons. The number of aliphatic hydroxyl groups excluding tert-OH is 1. The molecule has 1 aliphatic carbocycles. The van der Waals surface area contributed by atoms with Crippen molar-refractivity contribution in [3.63, 3.8) is 0 Å². The van der Waals surface area contributed by atoms with Crippen LogP contribution in [0.15, 0.2) is 35.4 Å². The van der Waals surface area contributed by atoms with Crippen LogP contribution in [-0.2, 0) is 9.09 Å². The summed E-state index contributed by atoms with van der Waals surface area (Å²) in [7, 11) is -4.56. The van der Waals surface area contributed by atoms with E-state index in [1.807, 2.05) is 0 Å². The summed E-state index contributed by atoms with van der Waals surface area (Å²) >= 11 is 0. The monoisotopic (exact) mass is 439 g/mol. The highest BCUT2D eigenvalue weighted by molar-refractivity contribution is 7.47. The summed E-state index contributed by atoms with van der Waals surface area (Å²) in [5.41, 5.74) is 5.54. The molecule has 4 rings (SSSR count). The van der Waals surface area contributed by atoms with Gasteiger partial charge in [0.15, 0.2) is 22.7 Å². The molecule has 0 aliphatic heterocycles. The molecule has 30 heavy (non-hydrogen) atoms. The van der Waals surface area contributed by atoms with Crippen molar-refractivity contribution in [1.82, 2.24) is 19.5 Å². The second kappa shape index (κ2) is 7.80. The Hall–Kier alpha value is -2.79. The lowest BCUT2D eigenvalue weighted by molar-refractivity contribution is -0.00494. The number of benzene rings is 1. The molecule has 1 aromatic carbocycles. The zero-order valence-electron chi connectivity index (χ0n) is 15.5. The van der Waals surface area contributed by atoms with Gasteiger partial charge in [0.05, 0.1) is 12.9 Å². The highest BCUT2D eigenvalue weighted by Gasteiger charge is 2.44. The van der Waals surface area contributed by atoms with E-state index in [1.165, 1.54) is 24.5 Å². The molecule has 5 N–H and O–H groups in total. The Balaban J connectivity index is 1.44. The Morgan fingerprint density at radius 2 is 2.17 bits per heavy atom. The van der Waals surface area contributed by atoms with Crippen molar-refractivity contribution in [1.29, 1.82) is 0 Å². The number of imidazole rings is 1. The van der Waals surface area contributed by atoms with Gasteiger partial charge in [-0.05, 0) is 24.5 Å². The molecule has 1 saturated carbocycles. The van der Waals surface area contributed by atoms with Crippen LogP contribution < -0.4 is 15.8 Å². The maximum atomic E-state index is 13.6. The van der Waals surface area contributed by atoms with Gasteiger partial charge in [0.25, 0.3) is 5.56 Å². The van der Waals surface area contributed by atoms with Gasteiger partial charge in [0.1, 0.15) is 0 Å². The fourth-order valence-electron chi connectivity index (χ4n) is 3.61. The number of anilines is 1. The number of rotatable bonds is 7. The van der Waals surface area contributed by atoms with Crippen molar-refractivity contribution in [2.24, 2.45) is 11.8 Å². The van der Waals surface area contributed by atoms with Crippen molar-refractivity contribution in [2.45, 2.75) is 12.5 Å². The third-order valence-corrected chi connectivity index (χ3v) is 6.07. The number of phosphoric ester groups is 1. The number of fused-ring (bicyclic) bond motifs is 1. The average molecular weight is 439 g/mol. The maximum absolute atomic E-state index is 13.6. The van der Waals surface area contributed by atoms with Crippen LogP contribution in [0.3, 0.4) is 0 Å². The number of aromatic nitrogens is 4. The number of aromatic amines is 1. The van der Waals surface area contributed by atoms with E-state index in [0.29, 0.717) is 6.42 Å². The lowest BCUT2D eigenvalue weighted by atomic mass is 9.70. The molecule has 0 spiro atoms. The predicted molar refractivity (Wildman–Crippen MR) is 103 cm³/mol. The third-order valence-electron chi connectivity index (χ3n) is 5.16. The molecular formula is C17H19FN5O6P. The SMILES string of the molecule is Nc1nc2c(ncn2[C@@H]2C[C@H](COP(=O)(O)Oc3ccccc3F)[C@H]2CO)c(=O)[nH]1. The molecule has 1 fully saturated rings. The number of H-pyrrole nitrogens is 1. The molecule has 4 atom stereocenters. The number of phosphoric acid groups is 1. The van der Waals surface area contributed by atoms with Crippen LogP contribution in [0.25, 0.3) is 11.2 Å². The fraction of sp³-hybridized carbons (Fsp3) is 0.353. The second-order valence-corrected chi connectivity index (χ2v) is 8.35. The van der Waals surface area contributed by atoms with Crippen LogP contribution in [-0.4, -0.2) is 42.7 Å².